The van der Waals surface area contributed by atoms with Gasteiger partial charge in [-0.2, -0.15) is 0 Å². The average molecular weight is 313 g/mol. The summed E-state index contributed by atoms with van der Waals surface area (Å²) < 4.78 is 18.8. The Morgan fingerprint density at radius 2 is 1.83 bits per heavy atom. The summed E-state index contributed by atoms with van der Waals surface area (Å²) in [7, 11) is 0. The van der Waals surface area contributed by atoms with Crippen molar-refractivity contribution in [1.82, 2.24) is 5.32 Å². The molecule has 0 aliphatic rings. The van der Waals surface area contributed by atoms with Crippen molar-refractivity contribution in [3.63, 3.8) is 0 Å². The first-order valence-electron chi connectivity index (χ1n) is 7.05. The van der Waals surface area contributed by atoms with Crippen LogP contribution < -0.4 is 5.32 Å². The monoisotopic (exact) mass is 313 g/mol. The van der Waals surface area contributed by atoms with E-state index in [0.717, 1.165) is 5.56 Å². The number of amides is 1. The van der Waals surface area contributed by atoms with Gasteiger partial charge in [0, 0.05) is 12.1 Å². The summed E-state index contributed by atoms with van der Waals surface area (Å²) in [6.45, 7) is 0.380. The molecule has 1 N–H and O–H groups in total. The summed E-state index contributed by atoms with van der Waals surface area (Å²) in [4.78, 5) is 22.2. The minimum absolute atomic E-state index is 0.00220. The Kier molecular flexibility index (Phi) is 6.06. The average Bonchev–Trinajstić information content (AvgIpc) is 2.59. The van der Waals surface area contributed by atoms with E-state index in [0.29, 0.717) is 6.29 Å². The molecule has 0 atom stereocenters. The zero-order valence-corrected chi connectivity index (χ0v) is 12.4. The van der Waals surface area contributed by atoms with Gasteiger partial charge < -0.3 is 10.1 Å². The largest absolute Gasteiger partial charge is 0.445 e. The van der Waals surface area contributed by atoms with Gasteiger partial charge in [-0.05, 0) is 11.6 Å². The molecule has 0 spiro atoms. The molecule has 0 unspecified atom stereocenters. The normalized spacial score (nSPS) is 10.5. The van der Waals surface area contributed by atoms with Crippen LogP contribution in [0.15, 0.2) is 54.6 Å². The Morgan fingerprint density at radius 1 is 1.09 bits per heavy atom. The second kappa shape index (κ2) is 8.48. The number of ether oxygens (including phenoxy) is 1. The molecule has 2 aromatic carbocycles. The highest BCUT2D eigenvalue weighted by atomic mass is 19.1. The number of alkyl carbamates (subject to hydrolysis) is 1. The van der Waals surface area contributed by atoms with Gasteiger partial charge in [-0.1, -0.05) is 54.6 Å². The maximum atomic E-state index is 13.8. The van der Waals surface area contributed by atoms with E-state index in [1.165, 1.54) is 12.1 Å². The SMILES string of the molecule is O=Cc1cccc(C=CCNC(=O)OCc2ccccc2)c1F. The molecule has 5 heteroatoms. The molecule has 23 heavy (non-hydrogen) atoms. The highest BCUT2D eigenvalue weighted by Gasteiger charge is 2.04. The van der Waals surface area contributed by atoms with E-state index in [1.807, 2.05) is 30.3 Å². The number of benzene rings is 2. The van der Waals surface area contributed by atoms with Crippen LogP contribution in [-0.4, -0.2) is 18.9 Å². The minimum Gasteiger partial charge on any atom is -0.445 e. The van der Waals surface area contributed by atoms with Crippen molar-refractivity contribution in [3.8, 4) is 0 Å². The molecule has 0 fully saturated rings. The molecule has 2 rings (SSSR count). The summed E-state index contributed by atoms with van der Waals surface area (Å²) in [6, 6.07) is 13.9. The van der Waals surface area contributed by atoms with Gasteiger partial charge in [0.15, 0.2) is 6.29 Å². The first-order valence-corrected chi connectivity index (χ1v) is 7.05. The number of carbonyl (C=O) groups excluding carboxylic acids is 2. The lowest BCUT2D eigenvalue weighted by Crippen LogP contribution is -2.24. The van der Waals surface area contributed by atoms with Crippen LogP contribution >= 0.6 is 0 Å². The highest BCUT2D eigenvalue weighted by Crippen LogP contribution is 2.12. The fourth-order valence-electron chi connectivity index (χ4n) is 1.89. The zero-order valence-electron chi connectivity index (χ0n) is 12.4. The van der Waals surface area contributed by atoms with Gasteiger partial charge in [0.2, 0.25) is 0 Å². The molecule has 0 saturated carbocycles. The number of halogens is 1. The standard InChI is InChI=1S/C18H16FNO3/c19-17-15(8-4-9-16(17)12-21)10-5-11-20-18(22)23-13-14-6-2-1-3-7-14/h1-10,12H,11,13H2,(H,20,22). The third-order valence-electron chi connectivity index (χ3n) is 3.06. The second-order valence-corrected chi connectivity index (χ2v) is 4.71. The molecule has 4 nitrogen and oxygen atoms in total. The molecule has 0 saturated heterocycles. The molecule has 0 aromatic heterocycles. The van der Waals surface area contributed by atoms with Crippen LogP contribution in [0.4, 0.5) is 9.18 Å². The van der Waals surface area contributed by atoms with Gasteiger partial charge in [0.05, 0.1) is 5.56 Å². The van der Waals surface area contributed by atoms with Crippen molar-refractivity contribution < 1.29 is 18.7 Å². The van der Waals surface area contributed by atoms with E-state index in [1.54, 1.807) is 18.2 Å². The second-order valence-electron chi connectivity index (χ2n) is 4.71. The summed E-state index contributed by atoms with van der Waals surface area (Å²) in [6.07, 6.45) is 2.99. The van der Waals surface area contributed by atoms with Crippen LogP contribution in [0.25, 0.3) is 6.08 Å². The summed E-state index contributed by atoms with van der Waals surface area (Å²) >= 11 is 0. The number of carbonyl (C=O) groups is 2. The number of nitrogens with one attached hydrogen (secondary N) is 1. The molecule has 0 radical (unpaired) electrons. The van der Waals surface area contributed by atoms with Gasteiger partial charge >= 0.3 is 6.09 Å². The molecule has 0 bridgehead atoms. The predicted octanol–water partition coefficient (Wildman–Crippen LogP) is 3.58. The summed E-state index contributed by atoms with van der Waals surface area (Å²) in [5, 5.41) is 2.53. The maximum Gasteiger partial charge on any atom is 0.407 e. The van der Waals surface area contributed by atoms with E-state index in [2.05, 4.69) is 5.32 Å². The van der Waals surface area contributed by atoms with E-state index < -0.39 is 11.9 Å². The van der Waals surface area contributed by atoms with Crippen LogP contribution in [0, 0.1) is 5.82 Å². The van der Waals surface area contributed by atoms with Crippen molar-refractivity contribution in [2.24, 2.45) is 0 Å². The molecular formula is C18H16FNO3. The van der Waals surface area contributed by atoms with Gasteiger partial charge in [-0.3, -0.25) is 4.79 Å². The van der Waals surface area contributed by atoms with Gasteiger partial charge in [-0.25, -0.2) is 9.18 Å². The minimum atomic E-state index is -0.578. The predicted molar refractivity (Wildman–Crippen MR) is 85.5 cm³/mol. The Hall–Kier alpha value is -2.95. The lowest BCUT2D eigenvalue weighted by Gasteiger charge is -2.05. The number of aldehydes is 1. The third kappa shape index (κ3) is 5.07. The summed E-state index contributed by atoms with van der Waals surface area (Å²) in [5.41, 5.74) is 1.18. The quantitative estimate of drug-likeness (QED) is 0.829. The molecule has 0 aliphatic carbocycles. The van der Waals surface area contributed by atoms with E-state index in [9.17, 15) is 14.0 Å². The maximum absolute atomic E-state index is 13.8. The van der Waals surface area contributed by atoms with E-state index in [-0.39, 0.29) is 24.3 Å². The van der Waals surface area contributed by atoms with Crippen molar-refractivity contribution in [1.29, 1.82) is 0 Å². The van der Waals surface area contributed by atoms with Crippen LogP contribution in [0.2, 0.25) is 0 Å². The first kappa shape index (κ1) is 16.4. The molecule has 1 amide bonds. The zero-order chi connectivity index (χ0) is 16.5. The number of hydrogen-bond acceptors (Lipinski definition) is 3. The smallest absolute Gasteiger partial charge is 0.407 e. The summed E-state index contributed by atoms with van der Waals surface area (Å²) in [5.74, 6) is -0.578. The van der Waals surface area contributed by atoms with Gasteiger partial charge in [0.25, 0.3) is 0 Å². The fraction of sp³-hybridized carbons (Fsp3) is 0.111. The topological polar surface area (TPSA) is 55.4 Å². The fourth-order valence-corrected chi connectivity index (χ4v) is 1.89. The van der Waals surface area contributed by atoms with E-state index in [4.69, 9.17) is 4.74 Å². The van der Waals surface area contributed by atoms with Crippen LogP contribution in [0.1, 0.15) is 21.5 Å². The van der Waals surface area contributed by atoms with Crippen LogP contribution in [-0.2, 0) is 11.3 Å². The van der Waals surface area contributed by atoms with Gasteiger partial charge in [0.1, 0.15) is 12.4 Å². The Balaban J connectivity index is 1.78. The van der Waals surface area contributed by atoms with Crippen molar-refractivity contribution in [2.45, 2.75) is 6.61 Å². The first-order chi connectivity index (χ1) is 11.2. The number of rotatable bonds is 6. The van der Waals surface area contributed by atoms with Crippen LogP contribution in [0.3, 0.4) is 0 Å². The molecule has 0 aliphatic heterocycles. The lowest BCUT2D eigenvalue weighted by atomic mass is 10.1. The van der Waals surface area contributed by atoms with Gasteiger partial charge in [-0.15, -0.1) is 0 Å². The molecule has 0 heterocycles. The van der Waals surface area contributed by atoms with Crippen molar-refractivity contribution in [2.75, 3.05) is 6.54 Å². The van der Waals surface area contributed by atoms with Crippen molar-refractivity contribution in [3.05, 3.63) is 77.1 Å². The molecular weight excluding hydrogens is 297 g/mol. The molecule has 2 aromatic rings. The lowest BCUT2D eigenvalue weighted by molar-refractivity contribution is 0.111. The van der Waals surface area contributed by atoms with Crippen LogP contribution in [0.5, 0.6) is 0 Å². The van der Waals surface area contributed by atoms with Crippen molar-refractivity contribution >= 4 is 18.5 Å². The Bertz CT molecular complexity index is 699. The number of hydrogen-bond donors (Lipinski definition) is 1. The molecule has 118 valence electrons. The highest BCUT2D eigenvalue weighted by molar-refractivity contribution is 5.77. The Morgan fingerprint density at radius 3 is 2.57 bits per heavy atom. The Labute approximate surface area is 133 Å². The third-order valence-corrected chi connectivity index (χ3v) is 3.06. The van der Waals surface area contributed by atoms with E-state index >= 15 is 0 Å².